The Balaban J connectivity index is 1.99. The molecule has 0 spiro atoms. The summed E-state index contributed by atoms with van der Waals surface area (Å²) in [6.07, 6.45) is 0. The van der Waals surface area contributed by atoms with Gasteiger partial charge in [0.05, 0.1) is 6.04 Å². The predicted octanol–water partition coefficient (Wildman–Crippen LogP) is 1.01. The van der Waals surface area contributed by atoms with E-state index < -0.39 is 11.9 Å². The number of amides is 3. The van der Waals surface area contributed by atoms with Crippen molar-refractivity contribution in [3.63, 3.8) is 0 Å². The van der Waals surface area contributed by atoms with Crippen molar-refractivity contribution in [2.75, 3.05) is 45.8 Å². The minimum atomic E-state index is -1.46. The van der Waals surface area contributed by atoms with Gasteiger partial charge in [-0.2, -0.15) is 0 Å². The molecule has 27 heavy (non-hydrogen) atoms. The Morgan fingerprint density at radius 3 is 2.11 bits per heavy atom. The average Bonchev–Trinajstić information content (AvgIpc) is 2.71. The molecule has 1 saturated heterocycles. The van der Waals surface area contributed by atoms with Crippen LogP contribution in [0.1, 0.15) is 25.5 Å². The minimum Gasteiger partial charge on any atom is -0.474 e. The van der Waals surface area contributed by atoms with Gasteiger partial charge in [-0.05, 0) is 18.7 Å². The number of nitrogens with zero attached hydrogens (tertiary/aromatic N) is 3. The number of aliphatic carboxylic acids is 1. The molecule has 1 aromatic carbocycles. The van der Waals surface area contributed by atoms with Crippen LogP contribution in [0.15, 0.2) is 30.3 Å². The highest BCUT2D eigenvalue weighted by molar-refractivity contribution is 6.31. The Hall–Kier alpha value is -2.61. The molecular formula is C19H28N4O4. The first-order valence-corrected chi connectivity index (χ1v) is 9.31. The van der Waals surface area contributed by atoms with Crippen molar-refractivity contribution in [3.8, 4) is 0 Å². The summed E-state index contributed by atoms with van der Waals surface area (Å²) < 4.78 is 0. The van der Waals surface area contributed by atoms with Gasteiger partial charge >= 0.3 is 17.9 Å². The SMILES string of the molecule is CCN(CC)CC(NC(=O)N1CCN(C(=O)C(=O)O)CC1)c1ccccc1. The highest BCUT2D eigenvalue weighted by atomic mass is 16.4. The number of urea groups is 1. The quantitative estimate of drug-likeness (QED) is 0.723. The molecule has 0 aliphatic carbocycles. The lowest BCUT2D eigenvalue weighted by atomic mass is 10.1. The van der Waals surface area contributed by atoms with Crippen LogP contribution in [-0.4, -0.2) is 83.5 Å². The van der Waals surface area contributed by atoms with Crippen LogP contribution in [0, 0.1) is 0 Å². The summed E-state index contributed by atoms with van der Waals surface area (Å²) in [4.78, 5) is 40.2. The molecule has 148 valence electrons. The second-order valence-electron chi connectivity index (χ2n) is 6.48. The number of piperazine rings is 1. The molecule has 0 aromatic heterocycles. The van der Waals surface area contributed by atoms with Gasteiger partial charge in [-0.15, -0.1) is 0 Å². The van der Waals surface area contributed by atoms with Gasteiger partial charge in [-0.1, -0.05) is 44.2 Å². The van der Waals surface area contributed by atoms with E-state index in [0.29, 0.717) is 19.6 Å². The highest BCUT2D eigenvalue weighted by Crippen LogP contribution is 2.15. The van der Waals surface area contributed by atoms with E-state index in [-0.39, 0.29) is 25.2 Å². The van der Waals surface area contributed by atoms with Crippen LogP contribution < -0.4 is 5.32 Å². The number of hydrogen-bond acceptors (Lipinski definition) is 4. The molecule has 1 atom stereocenters. The summed E-state index contributed by atoms with van der Waals surface area (Å²) in [5.41, 5.74) is 1.04. The summed E-state index contributed by atoms with van der Waals surface area (Å²) in [5, 5.41) is 11.9. The standard InChI is InChI=1S/C19H28N4O4/c1-3-21(4-2)14-16(15-8-6-5-7-9-15)20-19(27)23-12-10-22(11-13-23)17(24)18(25)26/h5-9,16H,3-4,10-14H2,1-2H3,(H,20,27)(H,25,26). The van der Waals surface area contributed by atoms with Crippen molar-refractivity contribution in [3.05, 3.63) is 35.9 Å². The third-order valence-corrected chi connectivity index (χ3v) is 4.87. The highest BCUT2D eigenvalue weighted by Gasteiger charge is 2.28. The summed E-state index contributed by atoms with van der Waals surface area (Å²) in [6, 6.07) is 9.50. The third kappa shape index (κ3) is 5.68. The Labute approximate surface area is 159 Å². The summed E-state index contributed by atoms with van der Waals surface area (Å²) in [7, 11) is 0. The van der Waals surface area contributed by atoms with Crippen LogP contribution in [0.5, 0.6) is 0 Å². The zero-order valence-electron chi connectivity index (χ0n) is 15.9. The number of carbonyl (C=O) groups excluding carboxylic acids is 2. The van der Waals surface area contributed by atoms with Crippen LogP contribution in [0.2, 0.25) is 0 Å². The van der Waals surface area contributed by atoms with Gasteiger partial charge in [0, 0.05) is 32.7 Å². The van der Waals surface area contributed by atoms with E-state index in [1.807, 2.05) is 30.3 Å². The third-order valence-electron chi connectivity index (χ3n) is 4.87. The molecule has 0 saturated carbocycles. The Morgan fingerprint density at radius 2 is 1.59 bits per heavy atom. The van der Waals surface area contributed by atoms with Gasteiger partial charge in [0.2, 0.25) is 0 Å². The zero-order chi connectivity index (χ0) is 19.8. The van der Waals surface area contributed by atoms with Gasteiger partial charge in [0.1, 0.15) is 0 Å². The van der Waals surface area contributed by atoms with E-state index in [0.717, 1.165) is 18.7 Å². The van der Waals surface area contributed by atoms with Crippen LogP contribution >= 0.6 is 0 Å². The van der Waals surface area contributed by atoms with Gasteiger partial charge in [0.25, 0.3) is 0 Å². The maximum atomic E-state index is 12.7. The van der Waals surface area contributed by atoms with Crippen molar-refractivity contribution in [2.45, 2.75) is 19.9 Å². The lowest BCUT2D eigenvalue weighted by Crippen LogP contribution is -2.55. The van der Waals surface area contributed by atoms with E-state index in [4.69, 9.17) is 5.11 Å². The number of benzene rings is 1. The number of carbonyl (C=O) groups is 3. The fraction of sp³-hybridized carbons (Fsp3) is 0.526. The molecule has 1 aliphatic heterocycles. The van der Waals surface area contributed by atoms with Crippen LogP contribution in [-0.2, 0) is 9.59 Å². The first-order chi connectivity index (χ1) is 13.0. The Morgan fingerprint density at radius 1 is 1.04 bits per heavy atom. The number of likely N-dealkylation sites (N-methyl/N-ethyl adjacent to an activating group) is 1. The normalized spacial score (nSPS) is 15.5. The van der Waals surface area contributed by atoms with Crippen LogP contribution in [0.3, 0.4) is 0 Å². The molecule has 2 rings (SSSR count). The molecule has 1 fully saturated rings. The van der Waals surface area contributed by atoms with Crippen LogP contribution in [0.25, 0.3) is 0 Å². The molecule has 1 aliphatic rings. The lowest BCUT2D eigenvalue weighted by Gasteiger charge is -2.35. The summed E-state index contributed by atoms with van der Waals surface area (Å²) in [5.74, 6) is -2.38. The number of hydrogen-bond donors (Lipinski definition) is 2. The van der Waals surface area contributed by atoms with E-state index >= 15 is 0 Å². The number of nitrogens with one attached hydrogen (secondary N) is 1. The van der Waals surface area contributed by atoms with Crippen molar-refractivity contribution in [2.24, 2.45) is 0 Å². The Kier molecular flexibility index (Phi) is 7.60. The van der Waals surface area contributed by atoms with Gasteiger partial charge in [0.15, 0.2) is 0 Å². The number of carboxylic acids is 1. The number of carboxylic acid groups (broad SMARTS) is 1. The zero-order valence-corrected chi connectivity index (χ0v) is 15.9. The van der Waals surface area contributed by atoms with Crippen molar-refractivity contribution in [1.29, 1.82) is 0 Å². The van der Waals surface area contributed by atoms with E-state index in [1.165, 1.54) is 4.90 Å². The van der Waals surface area contributed by atoms with Gasteiger partial charge in [-0.25, -0.2) is 9.59 Å². The molecule has 1 heterocycles. The maximum Gasteiger partial charge on any atom is 0.394 e. The van der Waals surface area contributed by atoms with E-state index in [9.17, 15) is 14.4 Å². The molecule has 3 amide bonds. The summed E-state index contributed by atoms with van der Waals surface area (Å²) in [6.45, 7) is 7.76. The topological polar surface area (TPSA) is 93.2 Å². The molecule has 1 unspecified atom stereocenters. The largest absolute Gasteiger partial charge is 0.474 e. The minimum absolute atomic E-state index is 0.141. The monoisotopic (exact) mass is 376 g/mol. The first kappa shape index (κ1) is 20.7. The first-order valence-electron chi connectivity index (χ1n) is 9.31. The smallest absolute Gasteiger partial charge is 0.394 e. The fourth-order valence-corrected chi connectivity index (χ4v) is 3.15. The van der Waals surface area contributed by atoms with Crippen LogP contribution in [0.4, 0.5) is 4.79 Å². The van der Waals surface area contributed by atoms with Gasteiger partial charge < -0.3 is 25.1 Å². The molecule has 8 nitrogen and oxygen atoms in total. The predicted molar refractivity (Wildman–Crippen MR) is 101 cm³/mol. The second-order valence-corrected chi connectivity index (χ2v) is 6.48. The fourth-order valence-electron chi connectivity index (χ4n) is 3.15. The van der Waals surface area contributed by atoms with Crippen molar-refractivity contribution >= 4 is 17.9 Å². The molecular weight excluding hydrogens is 348 g/mol. The molecule has 8 heteroatoms. The average molecular weight is 376 g/mol. The molecule has 1 aromatic rings. The molecule has 0 radical (unpaired) electrons. The van der Waals surface area contributed by atoms with E-state index in [2.05, 4.69) is 24.1 Å². The number of rotatable bonds is 6. The second kappa shape index (κ2) is 9.91. The molecule has 2 N–H and O–H groups in total. The van der Waals surface area contributed by atoms with Gasteiger partial charge in [-0.3, -0.25) is 4.79 Å². The van der Waals surface area contributed by atoms with E-state index in [1.54, 1.807) is 4.90 Å². The molecule has 0 bridgehead atoms. The van der Waals surface area contributed by atoms with Crippen molar-refractivity contribution in [1.82, 2.24) is 20.0 Å². The summed E-state index contributed by atoms with van der Waals surface area (Å²) >= 11 is 0. The van der Waals surface area contributed by atoms with Crippen molar-refractivity contribution < 1.29 is 19.5 Å². The lowest BCUT2D eigenvalue weighted by molar-refractivity contribution is -0.156. The Bertz CT molecular complexity index is 640. The maximum absolute atomic E-state index is 12.7.